The Bertz CT molecular complexity index is 123. The normalized spacial score (nSPS) is 13.5. The average molecular weight is 174 g/mol. The Labute approximate surface area is 73.4 Å². The zero-order valence-electron chi connectivity index (χ0n) is 7.55. The van der Waals surface area contributed by atoms with E-state index in [9.17, 15) is 0 Å². The van der Waals surface area contributed by atoms with Gasteiger partial charge in [-0.3, -0.25) is 5.41 Å². The fourth-order valence-corrected chi connectivity index (χ4v) is 1.74. The molecule has 1 atom stereocenters. The molecule has 3 heteroatoms. The Hall–Kier alpha value is -0.180. The van der Waals surface area contributed by atoms with Crippen LogP contribution in [-0.4, -0.2) is 16.8 Å². The van der Waals surface area contributed by atoms with Gasteiger partial charge in [-0.1, -0.05) is 20.8 Å². The molecule has 0 rings (SSSR count). The molecule has 0 saturated heterocycles. The Balaban J connectivity index is 3.37. The van der Waals surface area contributed by atoms with Crippen LogP contribution < -0.4 is 5.73 Å². The van der Waals surface area contributed by atoms with Crippen molar-refractivity contribution in [3.63, 3.8) is 0 Å². The second-order valence-electron chi connectivity index (χ2n) is 3.27. The number of amidine groups is 1. The van der Waals surface area contributed by atoms with Crippen molar-refractivity contribution in [2.75, 3.05) is 5.75 Å². The summed E-state index contributed by atoms with van der Waals surface area (Å²) in [6.07, 6.45) is 0.720. The standard InChI is InChI=1S/C8H18N2S/c1-6(2)5-11-7(3)4-8(9)10/h6-7H,4-5H2,1-3H3,(H3,9,10). The first-order chi connectivity index (χ1) is 5.02. The summed E-state index contributed by atoms with van der Waals surface area (Å²) in [6.45, 7) is 6.52. The van der Waals surface area contributed by atoms with Crippen LogP contribution in [0.25, 0.3) is 0 Å². The SMILES string of the molecule is CC(C)CSC(C)CC(=N)N. The minimum atomic E-state index is 0.300. The molecule has 0 saturated carbocycles. The van der Waals surface area contributed by atoms with E-state index in [0.29, 0.717) is 11.1 Å². The molecule has 3 N–H and O–H groups in total. The van der Waals surface area contributed by atoms with E-state index in [2.05, 4.69) is 20.8 Å². The second kappa shape index (κ2) is 5.47. The summed E-state index contributed by atoms with van der Waals surface area (Å²) in [5.41, 5.74) is 5.27. The van der Waals surface area contributed by atoms with E-state index in [1.807, 2.05) is 11.8 Å². The van der Waals surface area contributed by atoms with Crippen LogP contribution in [0, 0.1) is 11.3 Å². The molecule has 0 aliphatic heterocycles. The maximum atomic E-state index is 7.07. The summed E-state index contributed by atoms with van der Waals surface area (Å²) in [5, 5.41) is 7.57. The molecule has 0 radical (unpaired) electrons. The van der Waals surface area contributed by atoms with Gasteiger partial charge in [-0.15, -0.1) is 0 Å². The van der Waals surface area contributed by atoms with Crippen molar-refractivity contribution in [1.29, 1.82) is 5.41 Å². The van der Waals surface area contributed by atoms with Crippen LogP contribution in [0.15, 0.2) is 0 Å². The summed E-state index contributed by atoms with van der Waals surface area (Å²) in [5.74, 6) is 2.19. The first kappa shape index (κ1) is 10.8. The van der Waals surface area contributed by atoms with E-state index in [-0.39, 0.29) is 0 Å². The molecule has 0 aromatic heterocycles. The fraction of sp³-hybridized carbons (Fsp3) is 0.875. The van der Waals surface area contributed by atoms with E-state index in [0.717, 1.165) is 18.1 Å². The lowest BCUT2D eigenvalue weighted by molar-refractivity contribution is 0.747. The second-order valence-corrected chi connectivity index (χ2v) is 4.74. The number of rotatable bonds is 5. The number of nitrogens with two attached hydrogens (primary N) is 1. The van der Waals surface area contributed by atoms with Crippen LogP contribution in [0.1, 0.15) is 27.2 Å². The zero-order chi connectivity index (χ0) is 8.85. The van der Waals surface area contributed by atoms with Gasteiger partial charge in [0.1, 0.15) is 0 Å². The molecular formula is C8H18N2S. The third kappa shape index (κ3) is 7.72. The van der Waals surface area contributed by atoms with E-state index in [1.165, 1.54) is 0 Å². The van der Waals surface area contributed by atoms with Crippen LogP contribution in [-0.2, 0) is 0 Å². The fourth-order valence-electron chi connectivity index (χ4n) is 0.725. The first-order valence-electron chi connectivity index (χ1n) is 3.97. The average Bonchev–Trinajstić information content (AvgIpc) is 1.82. The molecule has 0 aliphatic rings. The lowest BCUT2D eigenvalue weighted by atomic mass is 10.3. The first-order valence-corrected chi connectivity index (χ1v) is 5.01. The van der Waals surface area contributed by atoms with Gasteiger partial charge in [0, 0.05) is 11.7 Å². The molecule has 1 unspecified atom stereocenters. The van der Waals surface area contributed by atoms with Gasteiger partial charge in [0.05, 0.1) is 5.84 Å². The molecule has 0 fully saturated rings. The molecule has 0 amide bonds. The third-order valence-corrected chi connectivity index (χ3v) is 2.82. The lowest BCUT2D eigenvalue weighted by Crippen LogP contribution is -2.15. The maximum absolute atomic E-state index is 7.07. The van der Waals surface area contributed by atoms with Crippen molar-refractivity contribution in [3.05, 3.63) is 0 Å². The minimum absolute atomic E-state index is 0.300. The Morgan fingerprint density at radius 2 is 2.00 bits per heavy atom. The van der Waals surface area contributed by atoms with Crippen molar-refractivity contribution in [2.45, 2.75) is 32.4 Å². The monoisotopic (exact) mass is 174 g/mol. The number of thioether (sulfide) groups is 1. The van der Waals surface area contributed by atoms with Gasteiger partial charge in [0.25, 0.3) is 0 Å². The van der Waals surface area contributed by atoms with Crippen molar-refractivity contribution in [2.24, 2.45) is 11.7 Å². The van der Waals surface area contributed by atoms with Crippen molar-refractivity contribution < 1.29 is 0 Å². The summed E-state index contributed by atoms with van der Waals surface area (Å²) < 4.78 is 0. The highest BCUT2D eigenvalue weighted by Gasteiger charge is 2.04. The van der Waals surface area contributed by atoms with Gasteiger partial charge in [-0.2, -0.15) is 11.8 Å². The maximum Gasteiger partial charge on any atom is 0.0916 e. The van der Waals surface area contributed by atoms with E-state index in [1.54, 1.807) is 0 Å². The molecule has 11 heavy (non-hydrogen) atoms. The lowest BCUT2D eigenvalue weighted by Gasteiger charge is -2.11. The predicted octanol–water partition coefficient (Wildman–Crippen LogP) is 2.09. The highest BCUT2D eigenvalue weighted by atomic mass is 32.2. The largest absolute Gasteiger partial charge is 0.388 e. The third-order valence-electron chi connectivity index (χ3n) is 1.22. The molecule has 0 spiro atoms. The molecular weight excluding hydrogens is 156 g/mol. The molecule has 2 nitrogen and oxygen atoms in total. The van der Waals surface area contributed by atoms with Gasteiger partial charge in [-0.05, 0) is 11.7 Å². The molecule has 0 aliphatic carbocycles. The summed E-state index contributed by atoms with van der Waals surface area (Å²) >= 11 is 1.89. The van der Waals surface area contributed by atoms with Gasteiger partial charge < -0.3 is 5.73 Å². The molecule has 0 aromatic carbocycles. The molecule has 0 heterocycles. The van der Waals surface area contributed by atoms with Crippen LogP contribution in [0.5, 0.6) is 0 Å². The summed E-state index contributed by atoms with van der Waals surface area (Å²) in [4.78, 5) is 0. The molecule has 0 aromatic rings. The van der Waals surface area contributed by atoms with Gasteiger partial charge in [0.2, 0.25) is 0 Å². The summed E-state index contributed by atoms with van der Waals surface area (Å²) in [7, 11) is 0. The van der Waals surface area contributed by atoms with Crippen LogP contribution in [0.4, 0.5) is 0 Å². The smallest absolute Gasteiger partial charge is 0.0916 e. The Morgan fingerprint density at radius 1 is 1.45 bits per heavy atom. The number of hydrogen-bond acceptors (Lipinski definition) is 2. The van der Waals surface area contributed by atoms with Crippen molar-refractivity contribution in [1.82, 2.24) is 0 Å². The summed E-state index contributed by atoms with van der Waals surface area (Å²) in [6, 6.07) is 0. The topological polar surface area (TPSA) is 49.9 Å². The van der Waals surface area contributed by atoms with Gasteiger partial charge >= 0.3 is 0 Å². The van der Waals surface area contributed by atoms with E-state index < -0.39 is 0 Å². The quantitative estimate of drug-likeness (QED) is 0.495. The molecule has 0 bridgehead atoms. The van der Waals surface area contributed by atoms with Gasteiger partial charge in [-0.25, -0.2) is 0 Å². The number of nitrogens with one attached hydrogen (secondary N) is 1. The van der Waals surface area contributed by atoms with Crippen LogP contribution >= 0.6 is 11.8 Å². The highest BCUT2D eigenvalue weighted by Crippen LogP contribution is 2.16. The molecule has 66 valence electrons. The van der Waals surface area contributed by atoms with E-state index in [4.69, 9.17) is 11.1 Å². The zero-order valence-corrected chi connectivity index (χ0v) is 8.37. The van der Waals surface area contributed by atoms with Crippen molar-refractivity contribution in [3.8, 4) is 0 Å². The van der Waals surface area contributed by atoms with E-state index >= 15 is 0 Å². The van der Waals surface area contributed by atoms with Crippen LogP contribution in [0.3, 0.4) is 0 Å². The number of hydrogen-bond donors (Lipinski definition) is 2. The predicted molar refractivity (Wildman–Crippen MR) is 53.3 cm³/mol. The Kier molecular flexibility index (Phi) is 5.38. The van der Waals surface area contributed by atoms with Crippen molar-refractivity contribution >= 4 is 17.6 Å². The van der Waals surface area contributed by atoms with Gasteiger partial charge in [0.15, 0.2) is 0 Å². The Morgan fingerprint density at radius 3 is 2.36 bits per heavy atom. The van der Waals surface area contributed by atoms with Crippen LogP contribution in [0.2, 0.25) is 0 Å². The minimum Gasteiger partial charge on any atom is -0.388 e. The highest BCUT2D eigenvalue weighted by molar-refractivity contribution is 7.99.